The molecule has 0 bridgehead atoms. The Morgan fingerprint density at radius 2 is 2.25 bits per heavy atom. The highest BCUT2D eigenvalue weighted by Crippen LogP contribution is 2.35. The summed E-state index contributed by atoms with van der Waals surface area (Å²) >= 11 is 6.12. The van der Waals surface area contributed by atoms with Gasteiger partial charge in [-0.1, -0.05) is 13.0 Å². The van der Waals surface area contributed by atoms with Crippen molar-refractivity contribution >= 4 is 17.3 Å². The van der Waals surface area contributed by atoms with Crippen LogP contribution in [0.15, 0.2) is 18.2 Å². The molecule has 0 aliphatic heterocycles. The predicted molar refractivity (Wildman–Crippen MR) is 76.5 cm³/mol. The third-order valence-corrected chi connectivity index (χ3v) is 3.85. The van der Waals surface area contributed by atoms with Crippen LogP contribution >= 0.6 is 11.6 Å². The third kappa shape index (κ3) is 3.04. The molecule has 3 unspecified atom stereocenters. The number of hydrogen-bond acceptors (Lipinski definition) is 4. The molecule has 0 radical (unpaired) electrons. The van der Waals surface area contributed by atoms with Crippen LogP contribution in [0.1, 0.15) is 25.3 Å². The number of alkyl halides is 1. The lowest BCUT2D eigenvalue weighted by atomic mass is 9.90. The van der Waals surface area contributed by atoms with Crippen molar-refractivity contribution in [3.05, 3.63) is 33.9 Å². The van der Waals surface area contributed by atoms with Crippen molar-refractivity contribution in [2.24, 2.45) is 0 Å². The van der Waals surface area contributed by atoms with Crippen LogP contribution in [0, 0.1) is 17.0 Å². The first-order valence-corrected chi connectivity index (χ1v) is 7.14. The molecule has 2 rings (SSSR count). The molecule has 1 saturated carbocycles. The van der Waals surface area contributed by atoms with Crippen molar-refractivity contribution in [1.82, 2.24) is 0 Å². The molecule has 6 heteroatoms. The molecule has 1 aromatic carbocycles. The molecule has 0 amide bonds. The first-order chi connectivity index (χ1) is 9.54. The minimum absolute atomic E-state index is 0.0504. The van der Waals surface area contributed by atoms with E-state index in [1.807, 2.05) is 6.92 Å². The summed E-state index contributed by atoms with van der Waals surface area (Å²) in [5.74, 6) is 0.526. The lowest BCUT2D eigenvalue weighted by Gasteiger charge is -2.40. The number of nitro groups is 1. The SMILES string of the molecule is CCCOC1C(Cl)CC1Oc1cccc([N+](=O)[O-])c1C. The molecule has 0 N–H and O–H groups in total. The molecule has 1 aliphatic rings. The highest BCUT2D eigenvalue weighted by Gasteiger charge is 2.43. The summed E-state index contributed by atoms with van der Waals surface area (Å²) in [4.78, 5) is 10.5. The van der Waals surface area contributed by atoms with Crippen LogP contribution in [0.5, 0.6) is 5.75 Å². The molecule has 1 aliphatic carbocycles. The van der Waals surface area contributed by atoms with E-state index in [-0.39, 0.29) is 23.3 Å². The smallest absolute Gasteiger partial charge is 0.276 e. The van der Waals surface area contributed by atoms with E-state index >= 15 is 0 Å². The molecule has 0 spiro atoms. The molecule has 110 valence electrons. The largest absolute Gasteiger partial charge is 0.487 e. The Morgan fingerprint density at radius 1 is 1.50 bits per heavy atom. The van der Waals surface area contributed by atoms with Crippen LogP contribution in [0.4, 0.5) is 5.69 Å². The van der Waals surface area contributed by atoms with E-state index in [0.717, 1.165) is 6.42 Å². The number of rotatable bonds is 6. The molecule has 1 aromatic rings. The molecule has 0 saturated heterocycles. The van der Waals surface area contributed by atoms with Gasteiger partial charge in [-0.3, -0.25) is 10.1 Å². The zero-order chi connectivity index (χ0) is 14.7. The van der Waals surface area contributed by atoms with Gasteiger partial charge in [0.1, 0.15) is 18.0 Å². The van der Waals surface area contributed by atoms with Gasteiger partial charge < -0.3 is 9.47 Å². The lowest BCUT2D eigenvalue weighted by Crippen LogP contribution is -2.52. The molecular weight excluding hydrogens is 282 g/mol. The minimum atomic E-state index is -0.404. The van der Waals surface area contributed by atoms with Gasteiger partial charge in [0.15, 0.2) is 0 Å². The quantitative estimate of drug-likeness (QED) is 0.458. The molecule has 20 heavy (non-hydrogen) atoms. The number of nitrogens with zero attached hydrogens (tertiary/aromatic N) is 1. The highest BCUT2D eigenvalue weighted by molar-refractivity contribution is 6.21. The van der Waals surface area contributed by atoms with E-state index < -0.39 is 4.92 Å². The maximum Gasteiger partial charge on any atom is 0.276 e. The van der Waals surface area contributed by atoms with E-state index in [2.05, 4.69) is 0 Å². The topological polar surface area (TPSA) is 61.6 Å². The Bertz CT molecular complexity index is 494. The molecular formula is C14H18ClNO4. The van der Waals surface area contributed by atoms with Crippen LogP contribution < -0.4 is 4.74 Å². The second kappa shape index (κ2) is 6.41. The van der Waals surface area contributed by atoms with E-state index in [9.17, 15) is 10.1 Å². The summed E-state index contributed by atoms with van der Waals surface area (Å²) in [6.07, 6.45) is 1.33. The predicted octanol–water partition coefficient (Wildman–Crippen LogP) is 3.46. The molecule has 5 nitrogen and oxygen atoms in total. The zero-order valence-electron chi connectivity index (χ0n) is 11.5. The van der Waals surface area contributed by atoms with Crippen molar-refractivity contribution in [1.29, 1.82) is 0 Å². The number of ether oxygens (including phenoxy) is 2. The van der Waals surface area contributed by atoms with Crippen molar-refractivity contribution in [3.8, 4) is 5.75 Å². The fourth-order valence-electron chi connectivity index (χ4n) is 2.20. The van der Waals surface area contributed by atoms with Crippen LogP contribution in [0.3, 0.4) is 0 Å². The summed E-state index contributed by atoms with van der Waals surface area (Å²) in [5.41, 5.74) is 0.597. The van der Waals surface area contributed by atoms with Gasteiger partial charge in [0.25, 0.3) is 5.69 Å². The van der Waals surface area contributed by atoms with Gasteiger partial charge in [-0.05, 0) is 19.4 Å². The summed E-state index contributed by atoms with van der Waals surface area (Å²) in [5, 5.41) is 10.9. The van der Waals surface area contributed by atoms with E-state index in [1.54, 1.807) is 19.1 Å². The van der Waals surface area contributed by atoms with Gasteiger partial charge in [0, 0.05) is 19.1 Å². The second-order valence-corrected chi connectivity index (χ2v) is 5.46. The maximum atomic E-state index is 10.9. The van der Waals surface area contributed by atoms with Gasteiger partial charge in [-0.2, -0.15) is 0 Å². The van der Waals surface area contributed by atoms with Crippen LogP contribution in [-0.4, -0.2) is 29.1 Å². The van der Waals surface area contributed by atoms with E-state index in [1.165, 1.54) is 6.07 Å². The highest BCUT2D eigenvalue weighted by atomic mass is 35.5. The molecule has 1 fully saturated rings. The fourth-order valence-corrected chi connectivity index (χ4v) is 2.61. The van der Waals surface area contributed by atoms with E-state index in [0.29, 0.717) is 24.3 Å². The number of hydrogen-bond donors (Lipinski definition) is 0. The normalized spacial score (nSPS) is 25.1. The first kappa shape index (κ1) is 15.1. The molecule has 3 atom stereocenters. The Labute approximate surface area is 123 Å². The van der Waals surface area contributed by atoms with Crippen molar-refractivity contribution in [3.63, 3.8) is 0 Å². The Hall–Kier alpha value is -1.33. The average molecular weight is 300 g/mol. The van der Waals surface area contributed by atoms with Gasteiger partial charge >= 0.3 is 0 Å². The Kier molecular flexibility index (Phi) is 4.83. The molecule has 0 aromatic heterocycles. The average Bonchev–Trinajstić information content (AvgIpc) is 2.40. The first-order valence-electron chi connectivity index (χ1n) is 6.71. The summed E-state index contributed by atoms with van der Waals surface area (Å²) in [6.45, 7) is 4.36. The number of halogens is 1. The van der Waals surface area contributed by atoms with Crippen LogP contribution in [0.25, 0.3) is 0 Å². The van der Waals surface area contributed by atoms with Crippen LogP contribution in [-0.2, 0) is 4.74 Å². The lowest BCUT2D eigenvalue weighted by molar-refractivity contribution is -0.385. The van der Waals surface area contributed by atoms with Crippen molar-refractivity contribution in [2.45, 2.75) is 44.3 Å². The van der Waals surface area contributed by atoms with Crippen molar-refractivity contribution < 1.29 is 14.4 Å². The number of benzene rings is 1. The second-order valence-electron chi connectivity index (χ2n) is 4.90. The summed E-state index contributed by atoms with van der Waals surface area (Å²) in [6, 6.07) is 4.83. The standard InChI is InChI=1S/C14H18ClNO4/c1-3-7-19-14-10(15)8-13(14)20-12-6-4-5-11(9(12)2)16(17)18/h4-6,10,13-14H,3,7-8H2,1-2H3. The fraction of sp³-hybridized carbons (Fsp3) is 0.571. The van der Waals surface area contributed by atoms with Gasteiger partial charge in [-0.15, -0.1) is 11.6 Å². The summed E-state index contributed by atoms with van der Waals surface area (Å²) in [7, 11) is 0. The molecule has 0 heterocycles. The van der Waals surface area contributed by atoms with Crippen LogP contribution in [0.2, 0.25) is 0 Å². The summed E-state index contributed by atoms with van der Waals surface area (Å²) < 4.78 is 11.5. The third-order valence-electron chi connectivity index (χ3n) is 3.43. The van der Waals surface area contributed by atoms with E-state index in [4.69, 9.17) is 21.1 Å². The monoisotopic (exact) mass is 299 g/mol. The Morgan fingerprint density at radius 3 is 2.85 bits per heavy atom. The maximum absolute atomic E-state index is 10.9. The zero-order valence-corrected chi connectivity index (χ0v) is 12.3. The van der Waals surface area contributed by atoms with Gasteiger partial charge in [-0.25, -0.2) is 0 Å². The number of nitro benzene ring substituents is 1. The Balaban J connectivity index is 2.07. The van der Waals surface area contributed by atoms with Gasteiger partial charge in [0.2, 0.25) is 0 Å². The minimum Gasteiger partial charge on any atom is -0.487 e. The van der Waals surface area contributed by atoms with Crippen molar-refractivity contribution in [2.75, 3.05) is 6.61 Å². The van der Waals surface area contributed by atoms with Gasteiger partial charge in [0.05, 0.1) is 15.9 Å².